The third-order valence-electron chi connectivity index (χ3n) is 4.51. The van der Waals surface area contributed by atoms with E-state index in [4.69, 9.17) is 10.5 Å². The topological polar surface area (TPSA) is 139 Å². The number of benzene rings is 2. The zero-order chi connectivity index (χ0) is 23.1. The van der Waals surface area contributed by atoms with Gasteiger partial charge in [-0.1, -0.05) is 0 Å². The second-order valence-electron chi connectivity index (χ2n) is 6.63. The number of hydrogen-bond acceptors (Lipinski definition) is 8. The van der Waals surface area contributed by atoms with Crippen LogP contribution in [-0.2, 0) is 0 Å². The fraction of sp³-hybridized carbons (Fsp3) is 0.0909. The molecule has 3 rings (SSSR count). The normalized spacial score (nSPS) is 10.2. The van der Waals surface area contributed by atoms with E-state index in [1.807, 2.05) is 38.1 Å². The molecule has 0 saturated carbocycles. The Labute approximate surface area is 183 Å². The first kappa shape index (κ1) is 21.7. The largest absolute Gasteiger partial charge is 0.255 e. The van der Waals surface area contributed by atoms with Crippen molar-refractivity contribution in [1.29, 1.82) is 10.5 Å². The molecule has 0 aliphatic heterocycles. The summed E-state index contributed by atoms with van der Waals surface area (Å²) in [5, 5.41) is 25.8. The van der Waals surface area contributed by atoms with Crippen LogP contribution < -0.4 is 10.0 Å². The number of allylic oxidation sites excluding steroid dienone is 1. The molecule has 0 N–H and O–H groups in total. The van der Waals surface area contributed by atoms with Gasteiger partial charge in [0.05, 0.1) is 39.6 Å². The van der Waals surface area contributed by atoms with E-state index < -0.39 is 0 Å². The van der Waals surface area contributed by atoms with Gasteiger partial charge in [-0.3, -0.25) is 0 Å². The maximum atomic E-state index is 11.8. The van der Waals surface area contributed by atoms with Crippen molar-refractivity contribution in [3.05, 3.63) is 86.8 Å². The number of anilines is 4. The summed E-state index contributed by atoms with van der Waals surface area (Å²) in [6.07, 6.45) is 4.41. The Bertz CT molecular complexity index is 1250. The average Bonchev–Trinajstić information content (AvgIpc) is 2.81. The van der Waals surface area contributed by atoms with E-state index in [0.717, 1.165) is 26.7 Å². The van der Waals surface area contributed by atoms with Gasteiger partial charge in [-0.2, -0.15) is 25.5 Å². The summed E-state index contributed by atoms with van der Waals surface area (Å²) in [7, 11) is 0. The number of nitroso groups, excluding NO2 is 2. The standard InChI is InChI=1S/C22H16N8O2/c1-15-12-18(4-3-10-23)13-16(2)21(15)30(28-32)20-9-11-25-22(26-20)29(27-31)19-7-5-17(14-24)6-8-19/h3-9,11-13H,1-2H3/b4-3+. The van der Waals surface area contributed by atoms with Crippen LogP contribution in [0.4, 0.5) is 23.1 Å². The number of nitrogens with zero attached hydrogens (tertiary/aromatic N) is 8. The number of nitriles is 2. The van der Waals surface area contributed by atoms with E-state index in [0.29, 0.717) is 16.9 Å². The predicted octanol–water partition coefficient (Wildman–Crippen LogP) is 5.14. The molecular formula is C22H16N8O2. The summed E-state index contributed by atoms with van der Waals surface area (Å²) in [6, 6.07) is 15.2. The van der Waals surface area contributed by atoms with Crippen LogP contribution in [0.1, 0.15) is 22.3 Å². The first-order valence-corrected chi connectivity index (χ1v) is 9.29. The second-order valence-corrected chi connectivity index (χ2v) is 6.63. The van der Waals surface area contributed by atoms with Gasteiger partial charge >= 0.3 is 0 Å². The minimum Gasteiger partial charge on any atom is -0.219 e. The molecule has 32 heavy (non-hydrogen) atoms. The Kier molecular flexibility index (Phi) is 6.59. The molecule has 0 spiro atoms. The summed E-state index contributed by atoms with van der Waals surface area (Å²) in [5.74, 6) is 0.0681. The van der Waals surface area contributed by atoms with Crippen molar-refractivity contribution < 1.29 is 0 Å². The number of rotatable bonds is 7. The SMILES string of the molecule is Cc1cc(/C=C/C#N)cc(C)c1N(N=O)c1ccnc(N(N=O)c2ccc(C#N)cc2)n1. The van der Waals surface area contributed by atoms with E-state index in [9.17, 15) is 9.81 Å². The summed E-state index contributed by atoms with van der Waals surface area (Å²) in [5.41, 5.74) is 3.56. The molecule has 0 unspecified atom stereocenters. The van der Waals surface area contributed by atoms with E-state index in [2.05, 4.69) is 20.5 Å². The first-order valence-electron chi connectivity index (χ1n) is 9.29. The summed E-state index contributed by atoms with van der Waals surface area (Å²) in [6.45, 7) is 3.62. The highest BCUT2D eigenvalue weighted by Gasteiger charge is 2.20. The lowest BCUT2D eigenvalue weighted by molar-refractivity contribution is 0.937. The highest BCUT2D eigenvalue weighted by atomic mass is 16.3. The van der Waals surface area contributed by atoms with Crippen LogP contribution in [0, 0.1) is 46.3 Å². The highest BCUT2D eigenvalue weighted by Crippen LogP contribution is 2.33. The summed E-state index contributed by atoms with van der Waals surface area (Å²) < 4.78 is 0. The number of aryl methyl sites for hydroxylation is 2. The van der Waals surface area contributed by atoms with Gasteiger partial charge in [0.25, 0.3) is 5.95 Å². The molecule has 0 aliphatic carbocycles. The molecule has 0 atom stereocenters. The van der Waals surface area contributed by atoms with Gasteiger partial charge in [0.1, 0.15) is 0 Å². The second kappa shape index (κ2) is 9.69. The Morgan fingerprint density at radius 3 is 2.19 bits per heavy atom. The summed E-state index contributed by atoms with van der Waals surface area (Å²) >= 11 is 0. The van der Waals surface area contributed by atoms with Crippen LogP contribution in [-0.4, -0.2) is 9.97 Å². The van der Waals surface area contributed by atoms with Crippen LogP contribution in [0.5, 0.6) is 0 Å². The molecule has 0 bridgehead atoms. The molecule has 0 radical (unpaired) electrons. The van der Waals surface area contributed by atoms with Crippen LogP contribution in [0.2, 0.25) is 0 Å². The Morgan fingerprint density at radius 1 is 0.969 bits per heavy atom. The van der Waals surface area contributed by atoms with Crippen molar-refractivity contribution in [3.63, 3.8) is 0 Å². The monoisotopic (exact) mass is 424 g/mol. The molecule has 0 saturated heterocycles. The van der Waals surface area contributed by atoms with Gasteiger partial charge in [0, 0.05) is 18.3 Å². The summed E-state index contributed by atoms with van der Waals surface area (Å²) in [4.78, 5) is 31.7. The van der Waals surface area contributed by atoms with Gasteiger partial charge in [-0.05, 0) is 73.0 Å². The van der Waals surface area contributed by atoms with Gasteiger partial charge in [-0.15, -0.1) is 9.81 Å². The fourth-order valence-electron chi connectivity index (χ4n) is 3.19. The smallest absolute Gasteiger partial charge is 0.219 e. The maximum absolute atomic E-state index is 11.8. The van der Waals surface area contributed by atoms with Crippen LogP contribution >= 0.6 is 0 Å². The van der Waals surface area contributed by atoms with Crippen LogP contribution in [0.3, 0.4) is 0 Å². The van der Waals surface area contributed by atoms with Crippen molar-refractivity contribution in [2.24, 2.45) is 10.6 Å². The van der Waals surface area contributed by atoms with Crippen LogP contribution in [0.15, 0.2) is 65.3 Å². The van der Waals surface area contributed by atoms with Crippen LogP contribution in [0.25, 0.3) is 6.08 Å². The maximum Gasteiger partial charge on any atom is 0.255 e. The van der Waals surface area contributed by atoms with E-state index in [1.165, 1.54) is 42.6 Å². The highest BCUT2D eigenvalue weighted by molar-refractivity contribution is 5.71. The molecule has 0 aliphatic rings. The van der Waals surface area contributed by atoms with E-state index in [-0.39, 0.29) is 11.8 Å². The quantitative estimate of drug-likeness (QED) is 0.288. The lowest BCUT2D eigenvalue weighted by Crippen LogP contribution is -2.16. The van der Waals surface area contributed by atoms with E-state index in [1.54, 1.807) is 6.08 Å². The van der Waals surface area contributed by atoms with Crippen molar-refractivity contribution >= 4 is 29.2 Å². The first-order chi connectivity index (χ1) is 15.5. The van der Waals surface area contributed by atoms with Crippen molar-refractivity contribution in [2.45, 2.75) is 13.8 Å². The molecule has 0 amide bonds. The van der Waals surface area contributed by atoms with Gasteiger partial charge in [0.2, 0.25) is 0 Å². The lowest BCUT2D eigenvalue weighted by atomic mass is 10.0. The molecule has 10 heteroatoms. The predicted molar refractivity (Wildman–Crippen MR) is 120 cm³/mol. The van der Waals surface area contributed by atoms with Crippen molar-refractivity contribution in [3.8, 4) is 12.1 Å². The van der Waals surface area contributed by atoms with E-state index >= 15 is 0 Å². The lowest BCUT2D eigenvalue weighted by Gasteiger charge is -2.21. The fourth-order valence-corrected chi connectivity index (χ4v) is 3.19. The van der Waals surface area contributed by atoms with Crippen molar-refractivity contribution in [2.75, 3.05) is 10.0 Å². The molecular weight excluding hydrogens is 408 g/mol. The Balaban J connectivity index is 2.02. The van der Waals surface area contributed by atoms with Gasteiger partial charge < -0.3 is 0 Å². The molecule has 2 aromatic carbocycles. The number of aromatic nitrogens is 2. The zero-order valence-electron chi connectivity index (χ0n) is 17.2. The molecule has 0 fully saturated rings. The molecule has 1 aromatic heterocycles. The average molecular weight is 424 g/mol. The third kappa shape index (κ3) is 4.45. The Morgan fingerprint density at radius 2 is 1.62 bits per heavy atom. The molecule has 10 nitrogen and oxygen atoms in total. The molecule has 156 valence electrons. The minimum atomic E-state index is -0.0697. The molecule has 1 heterocycles. The zero-order valence-corrected chi connectivity index (χ0v) is 17.2. The number of hydrogen-bond donors (Lipinski definition) is 0. The van der Waals surface area contributed by atoms with Gasteiger partial charge in [0.15, 0.2) is 5.82 Å². The minimum absolute atomic E-state index is 0.0697. The Hall–Kier alpha value is -4.96. The van der Waals surface area contributed by atoms with Crippen molar-refractivity contribution in [1.82, 2.24) is 9.97 Å². The molecule has 3 aromatic rings. The van der Waals surface area contributed by atoms with Gasteiger partial charge in [-0.25, -0.2) is 4.98 Å². The third-order valence-corrected chi connectivity index (χ3v) is 4.51.